The lowest BCUT2D eigenvalue weighted by molar-refractivity contribution is -0.112. The average Bonchev–Trinajstić information content (AvgIpc) is 3.51. The van der Waals surface area contributed by atoms with E-state index in [1.54, 1.807) is 37.7 Å². The lowest BCUT2D eigenvalue weighted by Gasteiger charge is -2.10. The van der Waals surface area contributed by atoms with E-state index in [1.165, 1.54) is 25.1 Å². The molecule has 1 aliphatic carbocycles. The molecule has 0 spiro atoms. The summed E-state index contributed by atoms with van der Waals surface area (Å²) in [5.41, 5.74) is 9.26. The average molecular weight is 445 g/mol. The number of nitrogens with two attached hydrogens (primary N) is 1. The summed E-state index contributed by atoms with van der Waals surface area (Å²) in [5.74, 6) is -1.42. The fraction of sp³-hybridized carbons (Fsp3) is 0.200. The van der Waals surface area contributed by atoms with Crippen LogP contribution in [0.1, 0.15) is 43.9 Å². The largest absolute Gasteiger partial charge is 0.402 e. The number of nitrogens with one attached hydrogen (secondary N) is 1. The lowest BCUT2D eigenvalue weighted by atomic mass is 10.00. The van der Waals surface area contributed by atoms with Crippen LogP contribution in [0.5, 0.6) is 0 Å². The molecule has 0 unspecified atom stereocenters. The van der Waals surface area contributed by atoms with Gasteiger partial charge in [0.25, 0.3) is 0 Å². The van der Waals surface area contributed by atoms with Crippen LogP contribution in [0.3, 0.4) is 0 Å². The van der Waals surface area contributed by atoms with Crippen LogP contribution in [0.2, 0.25) is 0 Å². The van der Waals surface area contributed by atoms with Gasteiger partial charge in [0.2, 0.25) is 5.91 Å². The van der Waals surface area contributed by atoms with Gasteiger partial charge in [-0.2, -0.15) is 5.10 Å². The quantitative estimate of drug-likeness (QED) is 0.527. The molecule has 1 amide bonds. The van der Waals surface area contributed by atoms with Crippen LogP contribution in [-0.4, -0.2) is 26.5 Å². The van der Waals surface area contributed by atoms with Gasteiger partial charge in [-0.05, 0) is 62.1 Å². The first-order valence-corrected chi connectivity index (χ1v) is 10.6. The number of benzene rings is 1. The molecule has 1 saturated carbocycles. The molecule has 3 N–H and O–H groups in total. The number of rotatable bonds is 7. The number of carbonyl (C=O) groups excluding carboxylic acids is 2. The summed E-state index contributed by atoms with van der Waals surface area (Å²) >= 11 is 0. The first-order valence-electron chi connectivity index (χ1n) is 10.6. The number of amides is 1. The SMILES string of the molecule is CC(=O)C(=C(C)N)c1ccc(NC(=O)/C=C/c2cnccc2-c2cnn(C3CC3)c2)c(F)c1. The third-order valence-corrected chi connectivity index (χ3v) is 5.36. The second kappa shape index (κ2) is 9.20. The molecular formula is C25H24FN5O2. The summed E-state index contributed by atoms with van der Waals surface area (Å²) in [6.45, 7) is 2.95. The Morgan fingerprint density at radius 1 is 1.21 bits per heavy atom. The molecule has 168 valence electrons. The minimum atomic E-state index is -0.663. The molecule has 4 rings (SSSR count). The number of Topliss-reactive ketones (excluding diaryl/α,β-unsaturated/α-hetero) is 1. The molecular weight excluding hydrogens is 421 g/mol. The number of ketones is 1. The van der Waals surface area contributed by atoms with Gasteiger partial charge >= 0.3 is 0 Å². The van der Waals surface area contributed by atoms with E-state index >= 15 is 0 Å². The van der Waals surface area contributed by atoms with Gasteiger partial charge in [-0.25, -0.2) is 4.39 Å². The van der Waals surface area contributed by atoms with Crippen LogP contribution in [0.15, 0.2) is 60.8 Å². The molecule has 1 fully saturated rings. The molecule has 2 heterocycles. The van der Waals surface area contributed by atoms with Gasteiger partial charge in [-0.15, -0.1) is 0 Å². The second-order valence-electron chi connectivity index (χ2n) is 8.03. The third-order valence-electron chi connectivity index (χ3n) is 5.36. The van der Waals surface area contributed by atoms with E-state index in [0.29, 0.717) is 17.3 Å². The van der Waals surface area contributed by atoms with Crippen LogP contribution < -0.4 is 11.1 Å². The number of hydrogen-bond donors (Lipinski definition) is 2. The highest BCUT2D eigenvalue weighted by Gasteiger charge is 2.24. The van der Waals surface area contributed by atoms with E-state index in [0.717, 1.165) is 29.5 Å². The number of hydrogen-bond acceptors (Lipinski definition) is 5. The zero-order valence-electron chi connectivity index (χ0n) is 18.4. The van der Waals surface area contributed by atoms with E-state index < -0.39 is 11.7 Å². The van der Waals surface area contributed by atoms with Crippen molar-refractivity contribution in [3.63, 3.8) is 0 Å². The second-order valence-corrected chi connectivity index (χ2v) is 8.03. The molecule has 1 aromatic carbocycles. The highest BCUT2D eigenvalue weighted by atomic mass is 19.1. The fourth-order valence-electron chi connectivity index (χ4n) is 3.64. The minimum absolute atomic E-state index is 0.00287. The Bertz CT molecular complexity index is 1280. The lowest BCUT2D eigenvalue weighted by Crippen LogP contribution is -2.10. The Kier molecular flexibility index (Phi) is 6.17. The van der Waals surface area contributed by atoms with Crippen molar-refractivity contribution >= 4 is 29.0 Å². The molecule has 3 aromatic rings. The van der Waals surface area contributed by atoms with Crippen molar-refractivity contribution in [3.05, 3.63) is 77.8 Å². The number of allylic oxidation sites excluding steroid dienone is 2. The van der Waals surface area contributed by atoms with Crippen LogP contribution >= 0.6 is 0 Å². The van der Waals surface area contributed by atoms with Crippen LogP contribution in [-0.2, 0) is 9.59 Å². The predicted molar refractivity (Wildman–Crippen MR) is 125 cm³/mol. The van der Waals surface area contributed by atoms with Crippen molar-refractivity contribution in [2.45, 2.75) is 32.7 Å². The molecule has 0 radical (unpaired) electrons. The van der Waals surface area contributed by atoms with E-state index in [1.807, 2.05) is 16.9 Å². The maximum Gasteiger partial charge on any atom is 0.248 e. The Morgan fingerprint density at radius 3 is 2.67 bits per heavy atom. The summed E-state index contributed by atoms with van der Waals surface area (Å²) in [6, 6.07) is 6.48. The Morgan fingerprint density at radius 2 is 2.00 bits per heavy atom. The minimum Gasteiger partial charge on any atom is -0.402 e. The van der Waals surface area contributed by atoms with E-state index in [4.69, 9.17) is 5.73 Å². The van der Waals surface area contributed by atoms with Crippen molar-refractivity contribution in [2.75, 3.05) is 5.32 Å². The highest BCUT2D eigenvalue weighted by molar-refractivity contribution is 6.20. The topological polar surface area (TPSA) is 103 Å². The molecule has 2 aromatic heterocycles. The molecule has 7 nitrogen and oxygen atoms in total. The Labute approximate surface area is 190 Å². The van der Waals surface area contributed by atoms with E-state index in [-0.39, 0.29) is 17.0 Å². The molecule has 0 aliphatic heterocycles. The Hall–Kier alpha value is -4.07. The van der Waals surface area contributed by atoms with Gasteiger partial charge < -0.3 is 11.1 Å². The standard InChI is InChI=1S/C25H24FN5O2/c1-15(27)25(16(2)32)17-3-7-23(22(26)11-17)30-24(33)8-4-18-12-28-10-9-21(18)19-13-29-31(14-19)20-5-6-20/h3-4,7-14,20H,5-6,27H2,1-2H3,(H,30,33)/b8-4+,25-15?. The molecule has 0 atom stereocenters. The summed E-state index contributed by atoms with van der Waals surface area (Å²) in [4.78, 5) is 28.4. The van der Waals surface area contributed by atoms with Crippen molar-refractivity contribution in [3.8, 4) is 11.1 Å². The van der Waals surface area contributed by atoms with Crippen molar-refractivity contribution < 1.29 is 14.0 Å². The maximum atomic E-state index is 14.6. The van der Waals surface area contributed by atoms with Gasteiger partial charge in [-0.1, -0.05) is 6.07 Å². The van der Waals surface area contributed by atoms with Crippen molar-refractivity contribution in [1.29, 1.82) is 0 Å². The fourth-order valence-corrected chi connectivity index (χ4v) is 3.64. The van der Waals surface area contributed by atoms with Gasteiger partial charge in [0.1, 0.15) is 5.82 Å². The number of halogens is 1. The number of pyridine rings is 1. The van der Waals surface area contributed by atoms with Crippen LogP contribution in [0.4, 0.5) is 10.1 Å². The summed E-state index contributed by atoms with van der Waals surface area (Å²) in [5, 5.41) is 6.94. The number of anilines is 1. The normalized spacial score (nSPS) is 14.3. The van der Waals surface area contributed by atoms with E-state index in [9.17, 15) is 14.0 Å². The van der Waals surface area contributed by atoms with Gasteiger partial charge in [0, 0.05) is 47.1 Å². The van der Waals surface area contributed by atoms with Gasteiger partial charge in [-0.3, -0.25) is 19.3 Å². The Balaban J connectivity index is 1.50. The zero-order chi connectivity index (χ0) is 23.5. The number of carbonyl (C=O) groups is 2. The first-order chi connectivity index (χ1) is 15.8. The van der Waals surface area contributed by atoms with Crippen LogP contribution in [0.25, 0.3) is 22.8 Å². The first kappa shape index (κ1) is 22.1. The summed E-state index contributed by atoms with van der Waals surface area (Å²) in [6.07, 6.45) is 12.4. The van der Waals surface area contributed by atoms with Crippen molar-refractivity contribution in [1.82, 2.24) is 14.8 Å². The van der Waals surface area contributed by atoms with Gasteiger partial charge in [0.05, 0.1) is 17.9 Å². The van der Waals surface area contributed by atoms with Gasteiger partial charge in [0.15, 0.2) is 5.78 Å². The number of aromatic nitrogens is 3. The third kappa shape index (κ3) is 5.06. The summed E-state index contributed by atoms with van der Waals surface area (Å²) < 4.78 is 16.5. The number of nitrogens with zero attached hydrogens (tertiary/aromatic N) is 3. The van der Waals surface area contributed by atoms with Crippen molar-refractivity contribution in [2.24, 2.45) is 5.73 Å². The molecule has 8 heteroatoms. The zero-order valence-corrected chi connectivity index (χ0v) is 18.4. The molecule has 33 heavy (non-hydrogen) atoms. The van der Waals surface area contributed by atoms with Crippen LogP contribution in [0, 0.1) is 5.82 Å². The maximum absolute atomic E-state index is 14.6. The monoisotopic (exact) mass is 445 g/mol. The highest BCUT2D eigenvalue weighted by Crippen LogP contribution is 2.35. The smallest absolute Gasteiger partial charge is 0.248 e. The summed E-state index contributed by atoms with van der Waals surface area (Å²) in [7, 11) is 0. The van der Waals surface area contributed by atoms with E-state index in [2.05, 4.69) is 15.4 Å². The molecule has 0 saturated heterocycles. The molecule has 1 aliphatic rings. The predicted octanol–water partition coefficient (Wildman–Crippen LogP) is 4.35. The molecule has 0 bridgehead atoms.